The first-order valence-electron chi connectivity index (χ1n) is 7.09. The molecular formula is C16H21ClN2O3. The summed E-state index contributed by atoms with van der Waals surface area (Å²) in [6, 6.07) is 6.80. The van der Waals surface area contributed by atoms with E-state index in [2.05, 4.69) is 5.32 Å². The predicted molar refractivity (Wildman–Crippen MR) is 84.4 cm³/mol. The number of amides is 2. The van der Waals surface area contributed by atoms with Crippen molar-refractivity contribution in [2.45, 2.75) is 32.2 Å². The summed E-state index contributed by atoms with van der Waals surface area (Å²) >= 11 is 5.90. The van der Waals surface area contributed by atoms with E-state index < -0.39 is 11.0 Å². The molecule has 0 spiro atoms. The van der Waals surface area contributed by atoms with Crippen LogP contribution in [-0.4, -0.2) is 36.6 Å². The molecule has 0 heterocycles. The van der Waals surface area contributed by atoms with Gasteiger partial charge < -0.3 is 5.32 Å². The van der Waals surface area contributed by atoms with Crippen LogP contribution in [0.1, 0.15) is 37.0 Å². The second-order valence-corrected chi connectivity index (χ2v) is 6.86. The number of hydrogen-bond donors (Lipinski definition) is 1. The van der Waals surface area contributed by atoms with Crippen LogP contribution >= 0.6 is 11.6 Å². The van der Waals surface area contributed by atoms with Crippen LogP contribution in [0.5, 0.6) is 0 Å². The van der Waals surface area contributed by atoms with Crippen LogP contribution in [-0.2, 0) is 9.63 Å². The molecule has 1 aliphatic rings. The first kappa shape index (κ1) is 16.8. The minimum atomic E-state index is -0.513. The molecule has 0 atom stereocenters. The van der Waals surface area contributed by atoms with Crippen molar-refractivity contribution in [3.63, 3.8) is 0 Å². The number of carbonyl (C=O) groups is 2. The normalized spacial score (nSPS) is 27.0. The number of carbonyl (C=O) groups excluding carboxylic acids is 2. The Morgan fingerprint density at radius 3 is 2.50 bits per heavy atom. The second kappa shape index (κ2) is 5.89. The maximum Gasteiger partial charge on any atom is 0.251 e. The molecule has 5 nitrogen and oxygen atoms in total. The summed E-state index contributed by atoms with van der Waals surface area (Å²) in [5, 5.41) is 4.75. The third-order valence-corrected chi connectivity index (χ3v) is 4.37. The van der Waals surface area contributed by atoms with Crippen molar-refractivity contribution in [2.75, 3.05) is 14.2 Å². The van der Waals surface area contributed by atoms with Crippen molar-refractivity contribution in [2.24, 2.45) is 5.41 Å². The largest absolute Gasteiger partial charge is 0.347 e. The maximum atomic E-state index is 12.3. The molecule has 22 heavy (non-hydrogen) atoms. The lowest BCUT2D eigenvalue weighted by molar-refractivity contribution is -0.188. The van der Waals surface area contributed by atoms with E-state index in [0.717, 1.165) is 0 Å². The Bertz CT molecular complexity index is 597. The summed E-state index contributed by atoms with van der Waals surface area (Å²) in [6.07, 6.45) is 1.14. The SMILES string of the molecule is CON(C)C(=O)C1(C)CC(C)(NC(=O)c2cccc(Cl)c2)C1. The molecule has 1 aliphatic carbocycles. The number of halogens is 1. The molecule has 0 bridgehead atoms. The molecule has 1 aromatic rings. The highest BCUT2D eigenvalue weighted by molar-refractivity contribution is 6.30. The number of nitrogens with zero attached hydrogens (tertiary/aromatic N) is 1. The molecule has 2 amide bonds. The van der Waals surface area contributed by atoms with Crippen LogP contribution in [0.25, 0.3) is 0 Å². The zero-order valence-corrected chi connectivity index (χ0v) is 14.0. The Morgan fingerprint density at radius 1 is 1.32 bits per heavy atom. The lowest BCUT2D eigenvalue weighted by Crippen LogP contribution is -2.63. The number of hydroxylamine groups is 2. The van der Waals surface area contributed by atoms with E-state index in [1.54, 1.807) is 31.3 Å². The van der Waals surface area contributed by atoms with Gasteiger partial charge in [0.05, 0.1) is 12.5 Å². The summed E-state index contributed by atoms with van der Waals surface area (Å²) < 4.78 is 0. The lowest BCUT2D eigenvalue weighted by atomic mass is 9.58. The van der Waals surface area contributed by atoms with E-state index in [-0.39, 0.29) is 11.8 Å². The topological polar surface area (TPSA) is 58.6 Å². The average molecular weight is 325 g/mol. The standard InChI is InChI=1S/C16H21ClN2O3/c1-15(14(21)19(3)22-4)9-16(2,10-15)18-13(20)11-6-5-7-12(17)8-11/h5-8H,9-10H2,1-4H3,(H,18,20). The van der Waals surface area contributed by atoms with Crippen LogP contribution < -0.4 is 5.32 Å². The van der Waals surface area contributed by atoms with Crippen LogP contribution in [0.3, 0.4) is 0 Å². The summed E-state index contributed by atoms with van der Waals surface area (Å²) in [4.78, 5) is 29.5. The van der Waals surface area contributed by atoms with Crippen LogP contribution in [0, 0.1) is 5.41 Å². The van der Waals surface area contributed by atoms with Gasteiger partial charge in [-0.25, -0.2) is 5.06 Å². The van der Waals surface area contributed by atoms with Crippen molar-refractivity contribution in [1.82, 2.24) is 10.4 Å². The maximum absolute atomic E-state index is 12.3. The zero-order chi connectivity index (χ0) is 16.5. The van der Waals surface area contributed by atoms with Gasteiger partial charge in [-0.05, 0) is 38.0 Å². The van der Waals surface area contributed by atoms with Crippen LogP contribution in [0.4, 0.5) is 0 Å². The van der Waals surface area contributed by atoms with E-state index >= 15 is 0 Å². The van der Waals surface area contributed by atoms with Crippen molar-refractivity contribution in [1.29, 1.82) is 0 Å². The van der Waals surface area contributed by atoms with E-state index in [9.17, 15) is 9.59 Å². The number of nitrogens with one attached hydrogen (secondary N) is 1. The first-order chi connectivity index (χ1) is 10.2. The lowest BCUT2D eigenvalue weighted by Gasteiger charge is -2.52. The monoisotopic (exact) mass is 324 g/mol. The minimum Gasteiger partial charge on any atom is -0.347 e. The molecule has 0 unspecified atom stereocenters. The Balaban J connectivity index is 2.01. The van der Waals surface area contributed by atoms with Crippen LogP contribution in [0.2, 0.25) is 5.02 Å². The summed E-state index contributed by atoms with van der Waals surface area (Å²) in [7, 11) is 3.05. The fourth-order valence-corrected chi connectivity index (χ4v) is 3.54. The van der Waals surface area contributed by atoms with E-state index in [1.807, 2.05) is 13.8 Å². The summed E-state index contributed by atoms with van der Waals surface area (Å²) in [5.74, 6) is -0.260. The second-order valence-electron chi connectivity index (χ2n) is 6.42. The van der Waals surface area contributed by atoms with Gasteiger partial charge in [-0.2, -0.15) is 0 Å². The molecule has 0 aromatic heterocycles. The first-order valence-corrected chi connectivity index (χ1v) is 7.47. The highest BCUT2D eigenvalue weighted by Crippen LogP contribution is 2.49. The number of hydrogen-bond acceptors (Lipinski definition) is 3. The Kier molecular flexibility index (Phi) is 4.49. The molecule has 1 aromatic carbocycles. The van der Waals surface area contributed by atoms with E-state index in [0.29, 0.717) is 23.4 Å². The molecular weight excluding hydrogens is 304 g/mol. The van der Waals surface area contributed by atoms with Gasteiger partial charge in [-0.1, -0.05) is 24.6 Å². The van der Waals surface area contributed by atoms with Gasteiger partial charge >= 0.3 is 0 Å². The highest BCUT2D eigenvalue weighted by atomic mass is 35.5. The molecule has 6 heteroatoms. The third kappa shape index (κ3) is 3.25. The fourth-order valence-electron chi connectivity index (χ4n) is 3.35. The number of benzene rings is 1. The molecule has 0 saturated heterocycles. The van der Waals surface area contributed by atoms with Gasteiger partial charge in [0, 0.05) is 23.2 Å². The Morgan fingerprint density at radius 2 is 1.95 bits per heavy atom. The van der Waals surface area contributed by atoms with Crippen molar-refractivity contribution >= 4 is 23.4 Å². The highest BCUT2D eigenvalue weighted by Gasteiger charge is 2.55. The smallest absolute Gasteiger partial charge is 0.251 e. The van der Waals surface area contributed by atoms with Gasteiger partial charge in [-0.3, -0.25) is 14.4 Å². The van der Waals surface area contributed by atoms with E-state index in [4.69, 9.17) is 16.4 Å². The summed E-state index contributed by atoms with van der Waals surface area (Å²) in [5.41, 5.74) is -0.401. The van der Waals surface area contributed by atoms with Crippen LogP contribution in [0.15, 0.2) is 24.3 Å². The molecule has 0 aliphatic heterocycles. The Labute approximate surface area is 135 Å². The molecule has 1 N–H and O–H groups in total. The minimum absolute atomic E-state index is 0.0792. The van der Waals surface area contributed by atoms with Gasteiger partial charge in [0.25, 0.3) is 11.8 Å². The molecule has 0 radical (unpaired) electrons. The van der Waals surface area contributed by atoms with E-state index in [1.165, 1.54) is 12.2 Å². The molecule has 120 valence electrons. The van der Waals surface area contributed by atoms with Gasteiger partial charge in [0.1, 0.15) is 0 Å². The zero-order valence-electron chi connectivity index (χ0n) is 13.3. The quantitative estimate of drug-likeness (QED) is 0.866. The van der Waals surface area contributed by atoms with Crippen molar-refractivity contribution in [3.05, 3.63) is 34.9 Å². The average Bonchev–Trinajstić information content (AvgIpc) is 2.43. The number of rotatable bonds is 4. The summed E-state index contributed by atoms with van der Waals surface area (Å²) in [6.45, 7) is 3.83. The molecule has 2 rings (SSSR count). The van der Waals surface area contributed by atoms with Crippen molar-refractivity contribution < 1.29 is 14.4 Å². The molecule has 1 fully saturated rings. The molecule has 1 saturated carbocycles. The van der Waals surface area contributed by atoms with Gasteiger partial charge in [0.2, 0.25) is 0 Å². The fraction of sp³-hybridized carbons (Fsp3) is 0.500. The predicted octanol–water partition coefficient (Wildman–Crippen LogP) is 2.65. The Hall–Kier alpha value is -1.59. The third-order valence-electron chi connectivity index (χ3n) is 4.14. The van der Waals surface area contributed by atoms with Gasteiger partial charge in [0.15, 0.2) is 0 Å². The van der Waals surface area contributed by atoms with Crippen molar-refractivity contribution in [3.8, 4) is 0 Å². The van der Waals surface area contributed by atoms with Gasteiger partial charge in [-0.15, -0.1) is 0 Å².